The van der Waals surface area contributed by atoms with Gasteiger partial charge in [0.05, 0.1) is 30.7 Å². The number of ether oxygens (including phenoxy) is 1. The number of aromatic amines is 1. The molecule has 3 aliphatic rings. The lowest BCUT2D eigenvalue weighted by atomic mass is 9.76. The number of nitrogens with one attached hydrogen (secondary N) is 1. The second-order valence-corrected chi connectivity index (χ2v) is 9.13. The minimum Gasteiger partial charge on any atom is -0.360 e. The molecule has 7 nitrogen and oxygen atoms in total. The number of benzene rings is 1. The minimum atomic E-state index is -0.673. The fourth-order valence-electron chi connectivity index (χ4n) is 5.19. The molecule has 162 valence electrons. The Kier molecular flexibility index (Phi) is 4.73. The van der Waals surface area contributed by atoms with E-state index in [1.807, 2.05) is 23.2 Å². The Hall–Kier alpha value is -2.93. The summed E-state index contributed by atoms with van der Waals surface area (Å²) in [5, 5.41) is 6.74. The number of likely N-dealkylation sites (N-methyl/N-ethyl adjacent to an activating group) is 1. The van der Waals surface area contributed by atoms with Gasteiger partial charge in [-0.1, -0.05) is 30.4 Å². The molecular weight excluding hydrogens is 392 g/mol. The average molecular weight is 421 g/mol. The Morgan fingerprint density at radius 1 is 1.32 bits per heavy atom. The van der Waals surface area contributed by atoms with Crippen LogP contribution in [0.4, 0.5) is 0 Å². The predicted molar refractivity (Wildman–Crippen MR) is 115 cm³/mol. The maximum absolute atomic E-state index is 13.4. The van der Waals surface area contributed by atoms with Gasteiger partial charge in [0.2, 0.25) is 11.8 Å². The number of hydrogen-bond acceptors (Lipinski definition) is 4. The fraction of sp³-hybridized carbons (Fsp3) is 0.458. The molecule has 7 heteroatoms. The summed E-state index contributed by atoms with van der Waals surface area (Å²) >= 11 is 0. The van der Waals surface area contributed by atoms with E-state index in [-0.39, 0.29) is 17.9 Å². The van der Waals surface area contributed by atoms with Crippen molar-refractivity contribution in [2.45, 2.75) is 38.5 Å². The molecule has 2 amide bonds. The van der Waals surface area contributed by atoms with Crippen LogP contribution >= 0.6 is 0 Å². The highest BCUT2D eigenvalue weighted by Crippen LogP contribution is 2.52. The topological polar surface area (TPSA) is 78.5 Å². The number of nitrogens with zero attached hydrogens (tertiary/aromatic N) is 3. The third-order valence-corrected chi connectivity index (χ3v) is 7.08. The first kappa shape index (κ1) is 20.0. The first-order chi connectivity index (χ1) is 14.9. The normalized spacial score (nSPS) is 28.4. The van der Waals surface area contributed by atoms with Crippen LogP contribution in [-0.2, 0) is 27.3 Å². The first-order valence-corrected chi connectivity index (χ1v) is 10.8. The molecule has 31 heavy (non-hydrogen) atoms. The molecule has 2 aromatic rings. The van der Waals surface area contributed by atoms with Gasteiger partial charge in [-0.25, -0.2) is 0 Å². The third kappa shape index (κ3) is 3.28. The summed E-state index contributed by atoms with van der Waals surface area (Å²) in [5.41, 5.74) is 3.93. The Morgan fingerprint density at radius 3 is 2.90 bits per heavy atom. The maximum atomic E-state index is 13.4. The molecule has 2 bridgehead atoms. The van der Waals surface area contributed by atoms with Gasteiger partial charge in [-0.2, -0.15) is 5.10 Å². The molecule has 0 saturated carbocycles. The lowest BCUT2D eigenvalue weighted by Gasteiger charge is -2.27. The number of H-pyrrole nitrogens is 1. The van der Waals surface area contributed by atoms with E-state index < -0.39 is 17.4 Å². The van der Waals surface area contributed by atoms with Gasteiger partial charge in [0.15, 0.2) is 0 Å². The highest BCUT2D eigenvalue weighted by Gasteiger charge is 2.67. The zero-order valence-electron chi connectivity index (χ0n) is 18.2. The van der Waals surface area contributed by atoms with Crippen molar-refractivity contribution >= 4 is 11.8 Å². The number of amides is 2. The Labute approximate surface area is 182 Å². The number of likely N-dealkylation sites (tertiary alicyclic amines) is 1. The SMILES string of the molecule is Cc1ccc(CN2C[C@]34C=C[C@H](O3)C(C(=O)N(C)CCc3cn[nH]c3)C4C2=O)cc1C. The van der Waals surface area contributed by atoms with Crippen molar-refractivity contribution in [2.24, 2.45) is 11.8 Å². The largest absolute Gasteiger partial charge is 0.360 e. The maximum Gasteiger partial charge on any atom is 0.230 e. The van der Waals surface area contributed by atoms with E-state index in [1.54, 1.807) is 18.1 Å². The lowest BCUT2D eigenvalue weighted by Crippen LogP contribution is -2.45. The van der Waals surface area contributed by atoms with E-state index in [1.165, 1.54) is 11.1 Å². The molecule has 5 rings (SSSR count). The molecule has 3 aliphatic heterocycles. The van der Waals surface area contributed by atoms with Crippen molar-refractivity contribution in [2.75, 3.05) is 20.1 Å². The summed E-state index contributed by atoms with van der Waals surface area (Å²) in [5.74, 6) is -0.910. The van der Waals surface area contributed by atoms with E-state index >= 15 is 0 Å². The summed E-state index contributed by atoms with van der Waals surface area (Å²) in [6.45, 7) is 5.78. The second kappa shape index (κ2) is 7.34. The average Bonchev–Trinajstić information content (AvgIpc) is 3.51. The molecule has 1 spiro atoms. The molecule has 1 N–H and O–H groups in total. The van der Waals surface area contributed by atoms with Crippen molar-refractivity contribution < 1.29 is 14.3 Å². The molecular formula is C24H28N4O3. The van der Waals surface area contributed by atoms with Gasteiger partial charge in [0.25, 0.3) is 0 Å². The summed E-state index contributed by atoms with van der Waals surface area (Å²) in [6, 6.07) is 6.30. The van der Waals surface area contributed by atoms with Gasteiger partial charge in [0.1, 0.15) is 5.60 Å². The molecule has 2 unspecified atom stereocenters. The highest BCUT2D eigenvalue weighted by molar-refractivity contribution is 5.93. The molecule has 0 aliphatic carbocycles. The number of carbonyl (C=O) groups excluding carboxylic acids is 2. The molecule has 4 atom stereocenters. The quantitative estimate of drug-likeness (QED) is 0.725. The van der Waals surface area contributed by atoms with Gasteiger partial charge in [-0.15, -0.1) is 0 Å². The summed E-state index contributed by atoms with van der Waals surface area (Å²) in [4.78, 5) is 30.4. The number of carbonyl (C=O) groups is 2. The van der Waals surface area contributed by atoms with Crippen LogP contribution in [0, 0.1) is 25.7 Å². The van der Waals surface area contributed by atoms with Gasteiger partial charge < -0.3 is 14.5 Å². The molecule has 1 aromatic carbocycles. The van der Waals surface area contributed by atoms with Crippen molar-refractivity contribution in [3.8, 4) is 0 Å². The lowest BCUT2D eigenvalue weighted by molar-refractivity contribution is -0.142. The van der Waals surface area contributed by atoms with Gasteiger partial charge in [0, 0.05) is 26.3 Å². The van der Waals surface area contributed by atoms with Crippen molar-refractivity contribution in [1.82, 2.24) is 20.0 Å². The Bertz CT molecular complexity index is 1050. The van der Waals surface area contributed by atoms with Crippen LogP contribution in [0.2, 0.25) is 0 Å². The van der Waals surface area contributed by atoms with Gasteiger partial charge >= 0.3 is 0 Å². The Morgan fingerprint density at radius 2 is 2.16 bits per heavy atom. The molecule has 2 fully saturated rings. The van der Waals surface area contributed by atoms with Crippen molar-refractivity contribution in [3.05, 3.63) is 65.0 Å². The number of rotatable bonds is 6. The van der Waals surface area contributed by atoms with Gasteiger partial charge in [-0.3, -0.25) is 14.7 Å². The Balaban J connectivity index is 1.32. The summed E-state index contributed by atoms with van der Waals surface area (Å²) < 4.78 is 6.26. The second-order valence-electron chi connectivity index (χ2n) is 9.13. The van der Waals surface area contributed by atoms with Crippen molar-refractivity contribution in [3.63, 3.8) is 0 Å². The summed E-state index contributed by atoms with van der Waals surface area (Å²) in [7, 11) is 1.80. The molecule has 4 heterocycles. The first-order valence-electron chi connectivity index (χ1n) is 10.8. The van der Waals surface area contributed by atoms with Crippen LogP contribution in [0.5, 0.6) is 0 Å². The number of aromatic nitrogens is 2. The van der Waals surface area contributed by atoms with E-state index in [0.717, 1.165) is 17.5 Å². The number of hydrogen-bond donors (Lipinski definition) is 1. The number of aryl methyl sites for hydroxylation is 2. The minimum absolute atomic E-state index is 0.0201. The standard InChI is InChI=1S/C24H28N4O3/c1-15-4-5-17(10-16(15)2)13-28-14-24-8-6-19(31-24)20(21(24)23(28)30)22(29)27(3)9-7-18-11-25-26-12-18/h4-6,8,10-12,19-21H,7,9,13-14H2,1-3H3,(H,25,26)/t19-,20?,21?,24-/m0/s1. The van der Waals surface area contributed by atoms with E-state index in [2.05, 4.69) is 42.2 Å². The van der Waals surface area contributed by atoms with E-state index in [4.69, 9.17) is 4.74 Å². The zero-order valence-corrected chi connectivity index (χ0v) is 18.2. The zero-order chi connectivity index (χ0) is 21.8. The van der Waals surface area contributed by atoms with E-state index in [0.29, 0.717) is 19.6 Å². The van der Waals surface area contributed by atoms with Gasteiger partial charge in [-0.05, 0) is 42.5 Å². The van der Waals surface area contributed by atoms with Crippen LogP contribution in [0.25, 0.3) is 0 Å². The molecule has 0 radical (unpaired) electrons. The van der Waals surface area contributed by atoms with Crippen LogP contribution in [0.1, 0.15) is 22.3 Å². The summed E-state index contributed by atoms with van der Waals surface area (Å²) in [6.07, 6.45) is 7.98. The monoisotopic (exact) mass is 420 g/mol. The predicted octanol–water partition coefficient (Wildman–Crippen LogP) is 2.01. The van der Waals surface area contributed by atoms with Crippen LogP contribution < -0.4 is 0 Å². The smallest absolute Gasteiger partial charge is 0.230 e. The molecule has 1 aromatic heterocycles. The van der Waals surface area contributed by atoms with Crippen molar-refractivity contribution in [1.29, 1.82) is 0 Å². The number of fused-ring (bicyclic) bond motifs is 1. The van der Waals surface area contributed by atoms with Crippen LogP contribution in [0.3, 0.4) is 0 Å². The fourth-order valence-corrected chi connectivity index (χ4v) is 5.19. The van der Waals surface area contributed by atoms with Crippen LogP contribution in [-0.4, -0.2) is 63.7 Å². The highest BCUT2D eigenvalue weighted by atomic mass is 16.5. The van der Waals surface area contributed by atoms with E-state index in [9.17, 15) is 9.59 Å². The van der Waals surface area contributed by atoms with Crippen LogP contribution in [0.15, 0.2) is 42.7 Å². The third-order valence-electron chi connectivity index (χ3n) is 7.08. The molecule has 2 saturated heterocycles.